The average molecular weight is 378 g/mol. The third-order valence-electron chi connectivity index (χ3n) is 5.57. The molecule has 4 rings (SSSR count). The van der Waals surface area contributed by atoms with Crippen LogP contribution >= 0.6 is 0 Å². The van der Waals surface area contributed by atoms with E-state index in [0.717, 1.165) is 37.1 Å². The first-order chi connectivity index (χ1) is 13.7. The van der Waals surface area contributed by atoms with Crippen LogP contribution in [0.3, 0.4) is 0 Å². The smallest absolute Gasteiger partial charge is 0.239 e. The predicted molar refractivity (Wildman–Crippen MR) is 108 cm³/mol. The molecule has 2 unspecified atom stereocenters. The van der Waals surface area contributed by atoms with Crippen molar-refractivity contribution in [3.05, 3.63) is 65.7 Å². The van der Waals surface area contributed by atoms with Crippen molar-refractivity contribution >= 4 is 17.5 Å². The number of benzene rings is 2. The zero-order chi connectivity index (χ0) is 19.3. The third kappa shape index (κ3) is 4.09. The molecule has 2 fully saturated rings. The van der Waals surface area contributed by atoms with Gasteiger partial charge in [0.15, 0.2) is 0 Å². The molecule has 28 heavy (non-hydrogen) atoms. The monoisotopic (exact) mass is 378 g/mol. The molecule has 2 aromatic rings. The molecule has 1 N–H and O–H groups in total. The van der Waals surface area contributed by atoms with Gasteiger partial charge in [0.2, 0.25) is 11.8 Å². The SMILES string of the molecule is O=C(NCC1CCCO1)C1CCN(c2ccccc2Cc2ccccc2)C1=O. The fraction of sp³-hybridized carbons (Fsp3) is 0.391. The molecule has 2 aliphatic heterocycles. The maximum absolute atomic E-state index is 13.0. The van der Waals surface area contributed by atoms with Crippen LogP contribution in [0.25, 0.3) is 0 Å². The molecule has 2 amide bonds. The van der Waals surface area contributed by atoms with Gasteiger partial charge in [-0.1, -0.05) is 48.5 Å². The Labute approximate surface area is 165 Å². The number of amides is 2. The number of hydrogen-bond donors (Lipinski definition) is 1. The molecule has 2 saturated heterocycles. The minimum Gasteiger partial charge on any atom is -0.376 e. The maximum atomic E-state index is 13.0. The molecule has 0 aliphatic carbocycles. The van der Waals surface area contributed by atoms with Crippen molar-refractivity contribution in [2.45, 2.75) is 31.8 Å². The third-order valence-corrected chi connectivity index (χ3v) is 5.57. The van der Waals surface area contributed by atoms with E-state index in [0.29, 0.717) is 19.5 Å². The normalized spacial score (nSPS) is 21.9. The number of anilines is 1. The highest BCUT2D eigenvalue weighted by atomic mass is 16.5. The van der Waals surface area contributed by atoms with Crippen molar-refractivity contribution in [1.82, 2.24) is 5.32 Å². The Kier molecular flexibility index (Phi) is 5.72. The second-order valence-electron chi connectivity index (χ2n) is 7.50. The average Bonchev–Trinajstić information content (AvgIpc) is 3.37. The van der Waals surface area contributed by atoms with Crippen molar-refractivity contribution in [1.29, 1.82) is 0 Å². The summed E-state index contributed by atoms with van der Waals surface area (Å²) in [7, 11) is 0. The van der Waals surface area contributed by atoms with E-state index in [9.17, 15) is 9.59 Å². The quantitative estimate of drug-likeness (QED) is 0.787. The highest BCUT2D eigenvalue weighted by Crippen LogP contribution is 2.30. The second kappa shape index (κ2) is 8.57. The van der Waals surface area contributed by atoms with E-state index in [1.54, 1.807) is 4.90 Å². The van der Waals surface area contributed by atoms with Gasteiger partial charge in [0.05, 0.1) is 6.10 Å². The summed E-state index contributed by atoms with van der Waals surface area (Å²) in [6.07, 6.45) is 3.40. The summed E-state index contributed by atoms with van der Waals surface area (Å²) in [5, 5.41) is 2.91. The number of ether oxygens (including phenoxy) is 1. The van der Waals surface area contributed by atoms with Crippen LogP contribution in [0.5, 0.6) is 0 Å². The number of nitrogens with one attached hydrogen (secondary N) is 1. The molecule has 0 saturated carbocycles. The Bertz CT molecular complexity index is 831. The standard InChI is InChI=1S/C23H26N2O3/c26-22(24-16-19-10-6-14-28-19)20-12-13-25(23(20)27)21-11-5-4-9-18(21)15-17-7-2-1-3-8-17/h1-5,7-9,11,19-20H,6,10,12-16H2,(H,24,26). The Morgan fingerprint density at radius 2 is 1.86 bits per heavy atom. The van der Waals surface area contributed by atoms with Gasteiger partial charge in [0.25, 0.3) is 0 Å². The highest BCUT2D eigenvalue weighted by Gasteiger charge is 2.38. The van der Waals surface area contributed by atoms with Gasteiger partial charge in [-0.05, 0) is 42.9 Å². The number of hydrogen-bond acceptors (Lipinski definition) is 3. The summed E-state index contributed by atoms with van der Waals surface area (Å²) in [6.45, 7) is 1.82. The first-order valence-electron chi connectivity index (χ1n) is 10.0. The van der Waals surface area contributed by atoms with Crippen molar-refractivity contribution < 1.29 is 14.3 Å². The van der Waals surface area contributed by atoms with Crippen LogP contribution in [0.4, 0.5) is 5.69 Å². The van der Waals surface area contributed by atoms with Crippen molar-refractivity contribution in [3.8, 4) is 0 Å². The zero-order valence-corrected chi connectivity index (χ0v) is 16.0. The fourth-order valence-electron chi connectivity index (χ4n) is 4.04. The summed E-state index contributed by atoms with van der Waals surface area (Å²) < 4.78 is 5.55. The van der Waals surface area contributed by atoms with Crippen LogP contribution in [0.1, 0.15) is 30.4 Å². The summed E-state index contributed by atoms with van der Waals surface area (Å²) in [5.41, 5.74) is 3.21. The lowest BCUT2D eigenvalue weighted by Gasteiger charge is -2.21. The number of rotatable bonds is 6. The molecule has 2 atom stereocenters. The lowest BCUT2D eigenvalue weighted by Crippen LogP contribution is -2.40. The summed E-state index contributed by atoms with van der Waals surface area (Å²) in [6, 6.07) is 18.2. The molecule has 2 aliphatic rings. The van der Waals surface area contributed by atoms with Crippen LogP contribution in [-0.2, 0) is 20.7 Å². The Morgan fingerprint density at radius 1 is 1.07 bits per heavy atom. The summed E-state index contributed by atoms with van der Waals surface area (Å²) >= 11 is 0. The molecule has 0 spiro atoms. The van der Waals surface area contributed by atoms with Crippen LogP contribution in [0.15, 0.2) is 54.6 Å². The Hall–Kier alpha value is -2.66. The fourth-order valence-corrected chi connectivity index (χ4v) is 4.04. The predicted octanol–water partition coefficient (Wildman–Crippen LogP) is 2.93. The first kappa shape index (κ1) is 18.7. The Morgan fingerprint density at radius 3 is 2.64 bits per heavy atom. The minimum absolute atomic E-state index is 0.0863. The van der Waals surface area contributed by atoms with Crippen LogP contribution in [0.2, 0.25) is 0 Å². The molecule has 2 aromatic carbocycles. The second-order valence-corrected chi connectivity index (χ2v) is 7.50. The molecule has 5 heteroatoms. The molecule has 0 radical (unpaired) electrons. The molecule has 5 nitrogen and oxygen atoms in total. The topological polar surface area (TPSA) is 58.6 Å². The molecular weight excluding hydrogens is 352 g/mol. The van der Waals surface area contributed by atoms with Gasteiger partial charge in [0.1, 0.15) is 5.92 Å². The molecular formula is C23H26N2O3. The van der Waals surface area contributed by atoms with Gasteiger partial charge in [-0.15, -0.1) is 0 Å². The van der Waals surface area contributed by atoms with E-state index in [2.05, 4.69) is 23.5 Å². The first-order valence-corrected chi connectivity index (χ1v) is 10.0. The van der Waals surface area contributed by atoms with E-state index < -0.39 is 5.92 Å². The zero-order valence-electron chi connectivity index (χ0n) is 16.0. The van der Waals surface area contributed by atoms with E-state index >= 15 is 0 Å². The molecule has 2 heterocycles. The van der Waals surface area contributed by atoms with Gasteiger partial charge >= 0.3 is 0 Å². The van der Waals surface area contributed by atoms with Crippen LogP contribution < -0.4 is 10.2 Å². The molecule has 0 bridgehead atoms. The number of carbonyl (C=O) groups excluding carboxylic acids is 2. The lowest BCUT2D eigenvalue weighted by molar-refractivity contribution is -0.132. The minimum atomic E-state index is -0.605. The van der Waals surface area contributed by atoms with Crippen molar-refractivity contribution in [3.63, 3.8) is 0 Å². The van der Waals surface area contributed by atoms with Crippen LogP contribution in [0, 0.1) is 5.92 Å². The van der Waals surface area contributed by atoms with Crippen molar-refractivity contribution in [2.24, 2.45) is 5.92 Å². The Balaban J connectivity index is 1.44. The number of para-hydroxylation sites is 1. The number of carbonyl (C=O) groups is 2. The van der Waals surface area contributed by atoms with E-state index in [1.807, 2.05) is 36.4 Å². The molecule has 0 aromatic heterocycles. The van der Waals surface area contributed by atoms with E-state index in [4.69, 9.17) is 4.74 Å². The van der Waals surface area contributed by atoms with Gasteiger partial charge in [-0.3, -0.25) is 9.59 Å². The van der Waals surface area contributed by atoms with E-state index in [1.165, 1.54) is 5.56 Å². The van der Waals surface area contributed by atoms with E-state index in [-0.39, 0.29) is 17.9 Å². The van der Waals surface area contributed by atoms with Gasteiger partial charge in [0, 0.05) is 25.4 Å². The van der Waals surface area contributed by atoms with Gasteiger partial charge in [-0.2, -0.15) is 0 Å². The molecule has 146 valence electrons. The summed E-state index contributed by atoms with van der Waals surface area (Å²) in [4.78, 5) is 27.3. The van der Waals surface area contributed by atoms with Gasteiger partial charge in [-0.25, -0.2) is 0 Å². The largest absolute Gasteiger partial charge is 0.376 e. The maximum Gasteiger partial charge on any atom is 0.239 e. The summed E-state index contributed by atoms with van der Waals surface area (Å²) in [5.74, 6) is -0.889. The van der Waals surface area contributed by atoms with Crippen LogP contribution in [-0.4, -0.2) is 37.6 Å². The lowest BCUT2D eigenvalue weighted by atomic mass is 10.0. The van der Waals surface area contributed by atoms with Crippen molar-refractivity contribution in [2.75, 3.05) is 24.6 Å². The highest BCUT2D eigenvalue weighted by molar-refractivity contribution is 6.09. The number of nitrogens with zero attached hydrogens (tertiary/aromatic N) is 1. The van der Waals surface area contributed by atoms with Gasteiger partial charge < -0.3 is 15.0 Å².